The number of pyridine rings is 1. The first-order valence-corrected chi connectivity index (χ1v) is 10.1. The van der Waals surface area contributed by atoms with Gasteiger partial charge in [-0.1, -0.05) is 11.6 Å². The number of hydrogen-bond acceptors (Lipinski definition) is 7. The third-order valence-corrected chi connectivity index (χ3v) is 4.68. The molecule has 0 atom stereocenters. The van der Waals surface area contributed by atoms with E-state index in [0.29, 0.717) is 38.9 Å². The van der Waals surface area contributed by atoms with Crippen LogP contribution in [0.25, 0.3) is 22.6 Å². The van der Waals surface area contributed by atoms with Crippen molar-refractivity contribution in [3.8, 4) is 17.5 Å². The topological polar surface area (TPSA) is 146 Å². The van der Waals surface area contributed by atoms with E-state index in [0.717, 1.165) is 0 Å². The number of furan rings is 1. The van der Waals surface area contributed by atoms with Crippen LogP contribution in [0.4, 0.5) is 16.2 Å². The molecule has 11 heteroatoms. The number of nitrogens with zero attached hydrogens (tertiary/aromatic N) is 3. The number of H-pyrrole nitrogens is 1. The van der Waals surface area contributed by atoms with Crippen molar-refractivity contribution < 1.29 is 18.7 Å². The van der Waals surface area contributed by atoms with Gasteiger partial charge in [-0.05, 0) is 50.2 Å². The Morgan fingerprint density at radius 1 is 1.18 bits per heavy atom. The van der Waals surface area contributed by atoms with Crippen LogP contribution in [0.5, 0.6) is 0 Å². The molecule has 0 aliphatic rings. The fraction of sp³-hybridized carbons (Fsp3) is 0.136. The van der Waals surface area contributed by atoms with Crippen molar-refractivity contribution in [3.05, 3.63) is 59.1 Å². The lowest BCUT2D eigenvalue weighted by Crippen LogP contribution is -2.18. The molecule has 10 nitrogen and oxygen atoms in total. The van der Waals surface area contributed by atoms with Crippen LogP contribution in [0.2, 0.25) is 5.02 Å². The number of carbonyl (C=O) groups excluding carboxylic acids is 2. The van der Waals surface area contributed by atoms with Crippen molar-refractivity contribution in [1.29, 1.82) is 5.26 Å². The predicted molar refractivity (Wildman–Crippen MR) is 121 cm³/mol. The van der Waals surface area contributed by atoms with E-state index in [1.807, 2.05) is 6.07 Å². The predicted octanol–water partition coefficient (Wildman–Crippen LogP) is 4.95. The summed E-state index contributed by atoms with van der Waals surface area (Å²) < 4.78 is 10.2. The highest BCUT2D eigenvalue weighted by Gasteiger charge is 2.15. The normalized spacial score (nSPS) is 10.8. The quantitative estimate of drug-likeness (QED) is 0.378. The first kappa shape index (κ1) is 21.9. The standard InChI is InChI=1S/C22H17ClN6O4/c1-11(2)32-22(31)27-13-8-17-20(25-10-13)29-19(28-17)15-7-12(3-5-16(15)23)26-21(30)18-6-4-14(9-24)33-18/h3-8,10-11H,1-2H3,(H,26,30)(H,27,31)(H,25,28,29). The Hall–Kier alpha value is -4.36. The van der Waals surface area contributed by atoms with E-state index < -0.39 is 12.0 Å². The summed E-state index contributed by atoms with van der Waals surface area (Å²) in [4.78, 5) is 36.0. The molecule has 0 saturated heterocycles. The molecular formula is C22H17ClN6O4. The Morgan fingerprint density at radius 2 is 2.00 bits per heavy atom. The second-order valence-electron chi connectivity index (χ2n) is 7.18. The molecule has 0 unspecified atom stereocenters. The van der Waals surface area contributed by atoms with Crippen molar-refractivity contribution in [3.63, 3.8) is 0 Å². The molecule has 0 radical (unpaired) electrons. The number of hydrogen-bond donors (Lipinski definition) is 3. The molecule has 2 amide bonds. The van der Waals surface area contributed by atoms with Crippen LogP contribution in [0.3, 0.4) is 0 Å². The van der Waals surface area contributed by atoms with Crippen LogP contribution < -0.4 is 10.6 Å². The van der Waals surface area contributed by atoms with Crippen molar-refractivity contribution >= 4 is 46.1 Å². The average Bonchev–Trinajstić information content (AvgIpc) is 3.41. The summed E-state index contributed by atoms with van der Waals surface area (Å²) in [6.07, 6.45) is 0.624. The Kier molecular flexibility index (Phi) is 5.97. The van der Waals surface area contributed by atoms with Crippen LogP contribution in [-0.2, 0) is 4.74 Å². The molecule has 0 bridgehead atoms. The number of halogens is 1. The second kappa shape index (κ2) is 9.02. The molecule has 33 heavy (non-hydrogen) atoms. The maximum Gasteiger partial charge on any atom is 0.411 e. The monoisotopic (exact) mass is 464 g/mol. The average molecular weight is 465 g/mol. The minimum absolute atomic E-state index is 0.00649. The molecular weight excluding hydrogens is 448 g/mol. The zero-order valence-corrected chi connectivity index (χ0v) is 18.2. The highest BCUT2D eigenvalue weighted by molar-refractivity contribution is 6.33. The Morgan fingerprint density at radius 3 is 2.73 bits per heavy atom. The van der Waals surface area contributed by atoms with E-state index in [1.165, 1.54) is 18.3 Å². The zero-order chi connectivity index (χ0) is 23.5. The number of fused-ring (bicyclic) bond motifs is 1. The first-order chi connectivity index (χ1) is 15.8. The van der Waals surface area contributed by atoms with Gasteiger partial charge >= 0.3 is 6.09 Å². The van der Waals surface area contributed by atoms with Crippen molar-refractivity contribution in [2.45, 2.75) is 20.0 Å². The molecule has 0 fully saturated rings. The van der Waals surface area contributed by atoms with Gasteiger partial charge in [0.15, 0.2) is 11.4 Å². The van der Waals surface area contributed by atoms with Gasteiger partial charge in [0.25, 0.3) is 5.91 Å². The molecule has 0 spiro atoms. The van der Waals surface area contributed by atoms with Crippen molar-refractivity contribution in [1.82, 2.24) is 15.0 Å². The molecule has 3 N–H and O–H groups in total. The highest BCUT2D eigenvalue weighted by atomic mass is 35.5. The number of imidazole rings is 1. The van der Waals surface area contributed by atoms with Crippen LogP contribution >= 0.6 is 11.6 Å². The summed E-state index contributed by atoms with van der Waals surface area (Å²) in [6.45, 7) is 3.50. The summed E-state index contributed by atoms with van der Waals surface area (Å²) in [5.41, 5.74) is 2.39. The Bertz CT molecular complexity index is 1400. The van der Waals surface area contributed by atoms with E-state index >= 15 is 0 Å². The van der Waals surface area contributed by atoms with Gasteiger partial charge in [-0.25, -0.2) is 14.8 Å². The molecule has 3 aromatic heterocycles. The maximum absolute atomic E-state index is 12.4. The fourth-order valence-electron chi connectivity index (χ4n) is 2.95. The number of nitrogens with one attached hydrogen (secondary N) is 3. The van der Waals surface area contributed by atoms with Gasteiger partial charge < -0.3 is 19.5 Å². The van der Waals surface area contributed by atoms with E-state index in [4.69, 9.17) is 26.0 Å². The summed E-state index contributed by atoms with van der Waals surface area (Å²) in [5.74, 6) is -0.0459. The Balaban J connectivity index is 1.57. The van der Waals surface area contributed by atoms with E-state index in [1.54, 1.807) is 38.1 Å². The minimum Gasteiger partial charge on any atom is -0.447 e. The van der Waals surface area contributed by atoms with Gasteiger partial charge in [0.05, 0.1) is 28.5 Å². The lowest BCUT2D eigenvalue weighted by atomic mass is 10.2. The second-order valence-corrected chi connectivity index (χ2v) is 7.59. The number of amides is 2. The van der Waals surface area contributed by atoms with Crippen LogP contribution in [0.1, 0.15) is 30.2 Å². The molecule has 0 aliphatic carbocycles. The van der Waals surface area contributed by atoms with Crippen LogP contribution in [0, 0.1) is 11.3 Å². The summed E-state index contributed by atoms with van der Waals surface area (Å²) in [5, 5.41) is 14.5. The third-order valence-electron chi connectivity index (χ3n) is 4.35. The molecule has 4 aromatic rings. The number of anilines is 2. The minimum atomic E-state index is -0.587. The summed E-state index contributed by atoms with van der Waals surface area (Å²) in [7, 11) is 0. The highest BCUT2D eigenvalue weighted by Crippen LogP contribution is 2.30. The lowest BCUT2D eigenvalue weighted by Gasteiger charge is -2.08. The molecule has 166 valence electrons. The fourth-order valence-corrected chi connectivity index (χ4v) is 3.16. The van der Waals surface area contributed by atoms with Gasteiger partial charge in [0.2, 0.25) is 5.76 Å². The van der Waals surface area contributed by atoms with Crippen molar-refractivity contribution in [2.75, 3.05) is 10.6 Å². The smallest absolute Gasteiger partial charge is 0.411 e. The molecule has 0 aliphatic heterocycles. The molecule has 1 aromatic carbocycles. The first-order valence-electron chi connectivity index (χ1n) is 9.77. The largest absolute Gasteiger partial charge is 0.447 e. The van der Waals surface area contributed by atoms with Gasteiger partial charge in [0.1, 0.15) is 11.9 Å². The number of nitriles is 1. The summed E-state index contributed by atoms with van der Waals surface area (Å²) in [6, 6.07) is 11.2. The number of aromatic amines is 1. The van der Waals surface area contributed by atoms with Gasteiger partial charge in [-0.15, -0.1) is 0 Å². The number of carbonyl (C=O) groups is 2. The maximum atomic E-state index is 12.4. The van der Waals surface area contributed by atoms with Crippen LogP contribution in [0.15, 0.2) is 47.0 Å². The molecule has 0 saturated carbocycles. The summed E-state index contributed by atoms with van der Waals surface area (Å²) >= 11 is 6.36. The number of ether oxygens (including phenoxy) is 1. The zero-order valence-electron chi connectivity index (χ0n) is 17.5. The third kappa shape index (κ3) is 4.94. The molecule has 3 heterocycles. The Labute approximate surface area is 192 Å². The van der Waals surface area contributed by atoms with Gasteiger partial charge in [0, 0.05) is 11.3 Å². The number of aromatic nitrogens is 3. The SMILES string of the molecule is CC(C)OC(=O)Nc1cnc2nc(-c3cc(NC(=O)c4ccc(C#N)o4)ccc3Cl)[nH]c2c1. The number of benzene rings is 1. The lowest BCUT2D eigenvalue weighted by molar-refractivity contribution is 0.0996. The van der Waals surface area contributed by atoms with Gasteiger partial charge in [-0.2, -0.15) is 5.26 Å². The van der Waals surface area contributed by atoms with E-state index in [-0.39, 0.29) is 17.6 Å². The van der Waals surface area contributed by atoms with E-state index in [2.05, 4.69) is 25.6 Å². The molecule has 4 rings (SSSR count). The van der Waals surface area contributed by atoms with Gasteiger partial charge in [-0.3, -0.25) is 10.1 Å². The van der Waals surface area contributed by atoms with Crippen LogP contribution in [-0.4, -0.2) is 33.1 Å². The van der Waals surface area contributed by atoms with E-state index in [9.17, 15) is 9.59 Å². The van der Waals surface area contributed by atoms with Crippen molar-refractivity contribution in [2.24, 2.45) is 0 Å². The number of rotatable bonds is 5.